The lowest BCUT2D eigenvalue weighted by atomic mass is 9.93. The second-order valence-electron chi connectivity index (χ2n) is 7.45. The lowest BCUT2D eigenvalue weighted by molar-refractivity contribution is -0.126. The van der Waals surface area contributed by atoms with Gasteiger partial charge in [0.1, 0.15) is 13.2 Å². The summed E-state index contributed by atoms with van der Waals surface area (Å²) < 4.78 is 11.3. The summed E-state index contributed by atoms with van der Waals surface area (Å²) in [6.45, 7) is 3.02. The zero-order valence-corrected chi connectivity index (χ0v) is 15.6. The van der Waals surface area contributed by atoms with E-state index in [4.69, 9.17) is 15.2 Å². The largest absolute Gasteiger partial charge is 0.486 e. The van der Waals surface area contributed by atoms with E-state index in [1.54, 1.807) is 0 Å². The van der Waals surface area contributed by atoms with Gasteiger partial charge in [0, 0.05) is 6.04 Å². The Balaban J connectivity index is 1.49. The van der Waals surface area contributed by atoms with Crippen molar-refractivity contribution in [1.29, 1.82) is 0 Å². The van der Waals surface area contributed by atoms with E-state index in [2.05, 4.69) is 5.32 Å². The van der Waals surface area contributed by atoms with E-state index in [-0.39, 0.29) is 23.9 Å². The third kappa shape index (κ3) is 3.93. The van der Waals surface area contributed by atoms with Crippen molar-refractivity contribution in [2.75, 3.05) is 13.2 Å². The Morgan fingerprint density at radius 2 is 1.74 bits per heavy atom. The van der Waals surface area contributed by atoms with Crippen LogP contribution in [-0.2, 0) is 4.79 Å². The van der Waals surface area contributed by atoms with Crippen molar-refractivity contribution in [2.24, 2.45) is 17.6 Å². The first kappa shape index (κ1) is 17.9. The molecule has 1 heterocycles. The van der Waals surface area contributed by atoms with E-state index in [1.807, 2.05) is 55.5 Å². The number of carbonyl (C=O) groups excluding carboxylic acids is 1. The lowest BCUT2D eigenvalue weighted by Gasteiger charge is -2.26. The molecule has 0 saturated heterocycles. The van der Waals surface area contributed by atoms with Gasteiger partial charge >= 0.3 is 0 Å². The molecule has 1 saturated carbocycles. The number of benzene rings is 2. The molecule has 1 aliphatic heterocycles. The first-order valence-electron chi connectivity index (χ1n) is 9.64. The van der Waals surface area contributed by atoms with E-state index < -0.39 is 0 Å². The smallest absolute Gasteiger partial charge is 0.225 e. The van der Waals surface area contributed by atoms with Crippen LogP contribution in [0.4, 0.5) is 0 Å². The van der Waals surface area contributed by atoms with Gasteiger partial charge in [0.2, 0.25) is 5.91 Å². The van der Waals surface area contributed by atoms with Crippen molar-refractivity contribution in [3.05, 3.63) is 59.7 Å². The maximum Gasteiger partial charge on any atom is 0.225 e. The Kier molecular flexibility index (Phi) is 5.03. The minimum atomic E-state index is -0.327. The molecule has 0 bridgehead atoms. The molecule has 3 N–H and O–H groups in total. The van der Waals surface area contributed by atoms with Crippen LogP contribution in [0.15, 0.2) is 48.5 Å². The number of rotatable bonds is 6. The van der Waals surface area contributed by atoms with Crippen LogP contribution in [0, 0.1) is 11.8 Å². The summed E-state index contributed by atoms with van der Waals surface area (Å²) in [5, 5.41) is 3.24. The molecule has 27 heavy (non-hydrogen) atoms. The minimum absolute atomic E-state index is 0.0150. The normalized spacial score (nSPS) is 19.0. The molecule has 1 amide bonds. The number of nitrogens with two attached hydrogens (primary N) is 1. The van der Waals surface area contributed by atoms with E-state index in [0.717, 1.165) is 35.5 Å². The molecular weight excluding hydrogens is 340 g/mol. The van der Waals surface area contributed by atoms with Gasteiger partial charge in [0.25, 0.3) is 0 Å². The fourth-order valence-electron chi connectivity index (χ4n) is 3.57. The molecule has 2 aromatic carbocycles. The monoisotopic (exact) mass is 366 g/mol. The number of hydrogen-bond donors (Lipinski definition) is 2. The molecule has 3 atom stereocenters. The molecule has 142 valence electrons. The Morgan fingerprint density at radius 3 is 2.44 bits per heavy atom. The average Bonchev–Trinajstić information content (AvgIpc) is 3.56. The summed E-state index contributed by atoms with van der Waals surface area (Å²) in [4.78, 5) is 12.9. The molecule has 5 heteroatoms. The standard InChI is InChI=1S/C22H26N2O3/c1-14(20(23)15-5-3-2-4-6-15)22(25)24-21(16-7-8-16)17-9-10-18-19(13-17)27-12-11-26-18/h2-6,9-10,13-14,16,20-21H,7-8,11-12,23H2,1H3,(H,24,25). The van der Waals surface area contributed by atoms with Gasteiger partial charge < -0.3 is 20.5 Å². The number of carbonyl (C=O) groups is 1. The summed E-state index contributed by atoms with van der Waals surface area (Å²) in [5.41, 5.74) is 8.38. The Morgan fingerprint density at radius 1 is 1.04 bits per heavy atom. The fourth-order valence-corrected chi connectivity index (χ4v) is 3.57. The number of ether oxygens (including phenoxy) is 2. The molecule has 0 spiro atoms. The van der Waals surface area contributed by atoms with E-state index in [0.29, 0.717) is 19.1 Å². The maximum atomic E-state index is 12.9. The molecule has 2 aliphatic rings. The topological polar surface area (TPSA) is 73.6 Å². The van der Waals surface area contributed by atoms with Crippen molar-refractivity contribution < 1.29 is 14.3 Å². The van der Waals surface area contributed by atoms with Crippen LogP contribution >= 0.6 is 0 Å². The van der Waals surface area contributed by atoms with E-state index in [1.165, 1.54) is 0 Å². The molecular formula is C22H26N2O3. The van der Waals surface area contributed by atoms with Gasteiger partial charge in [-0.25, -0.2) is 0 Å². The summed E-state index contributed by atoms with van der Waals surface area (Å²) in [6, 6.07) is 15.4. The van der Waals surface area contributed by atoms with Gasteiger partial charge in [0.05, 0.1) is 12.0 Å². The molecule has 1 fully saturated rings. The van der Waals surface area contributed by atoms with Gasteiger partial charge in [-0.1, -0.05) is 43.3 Å². The predicted octanol–water partition coefficient (Wildman–Crippen LogP) is 3.36. The highest BCUT2D eigenvalue weighted by Gasteiger charge is 2.35. The van der Waals surface area contributed by atoms with Gasteiger partial charge in [-0.3, -0.25) is 4.79 Å². The van der Waals surface area contributed by atoms with Gasteiger partial charge in [-0.05, 0) is 42.0 Å². The second-order valence-corrected chi connectivity index (χ2v) is 7.45. The molecule has 4 rings (SSSR count). The van der Waals surface area contributed by atoms with Crippen LogP contribution in [0.25, 0.3) is 0 Å². The number of nitrogens with one attached hydrogen (secondary N) is 1. The third-order valence-electron chi connectivity index (χ3n) is 5.45. The number of hydrogen-bond acceptors (Lipinski definition) is 4. The van der Waals surface area contributed by atoms with Crippen LogP contribution in [0.2, 0.25) is 0 Å². The average molecular weight is 366 g/mol. The summed E-state index contributed by atoms with van der Waals surface area (Å²) in [6.07, 6.45) is 2.25. The van der Waals surface area contributed by atoms with Crippen molar-refractivity contribution in [2.45, 2.75) is 31.8 Å². The van der Waals surface area contributed by atoms with Gasteiger partial charge in [0.15, 0.2) is 11.5 Å². The maximum absolute atomic E-state index is 12.9. The summed E-state index contributed by atoms with van der Waals surface area (Å²) in [7, 11) is 0. The third-order valence-corrected chi connectivity index (χ3v) is 5.45. The SMILES string of the molecule is CC(C(=O)NC(c1ccc2c(c1)OCCO2)C1CC1)C(N)c1ccccc1. The van der Waals surface area contributed by atoms with Crippen molar-refractivity contribution in [3.63, 3.8) is 0 Å². The Labute approximate surface area is 159 Å². The molecule has 3 unspecified atom stereocenters. The number of fused-ring (bicyclic) bond motifs is 1. The van der Waals surface area contributed by atoms with Crippen LogP contribution < -0.4 is 20.5 Å². The van der Waals surface area contributed by atoms with Crippen molar-refractivity contribution >= 4 is 5.91 Å². The molecule has 0 aromatic heterocycles. The predicted molar refractivity (Wildman–Crippen MR) is 104 cm³/mol. The van der Waals surface area contributed by atoms with E-state index >= 15 is 0 Å². The zero-order valence-electron chi connectivity index (χ0n) is 15.6. The zero-order chi connectivity index (χ0) is 18.8. The van der Waals surface area contributed by atoms with Crippen LogP contribution in [0.1, 0.15) is 43.0 Å². The number of amides is 1. The van der Waals surface area contributed by atoms with Gasteiger partial charge in [-0.2, -0.15) is 0 Å². The highest BCUT2D eigenvalue weighted by atomic mass is 16.6. The molecule has 5 nitrogen and oxygen atoms in total. The van der Waals surface area contributed by atoms with Crippen LogP contribution in [0.5, 0.6) is 11.5 Å². The lowest BCUT2D eigenvalue weighted by Crippen LogP contribution is -2.38. The van der Waals surface area contributed by atoms with Crippen LogP contribution in [0.3, 0.4) is 0 Å². The fraction of sp³-hybridized carbons (Fsp3) is 0.409. The Hall–Kier alpha value is -2.53. The summed E-state index contributed by atoms with van der Waals surface area (Å²) in [5.74, 6) is 1.67. The second kappa shape index (κ2) is 7.61. The Bertz CT molecular complexity index is 804. The molecule has 2 aromatic rings. The van der Waals surface area contributed by atoms with Crippen molar-refractivity contribution in [1.82, 2.24) is 5.32 Å². The van der Waals surface area contributed by atoms with E-state index in [9.17, 15) is 4.79 Å². The highest BCUT2D eigenvalue weighted by Crippen LogP contribution is 2.43. The van der Waals surface area contributed by atoms with Gasteiger partial charge in [-0.15, -0.1) is 0 Å². The molecule has 0 radical (unpaired) electrons. The highest BCUT2D eigenvalue weighted by molar-refractivity contribution is 5.80. The first-order valence-corrected chi connectivity index (χ1v) is 9.64. The quantitative estimate of drug-likeness (QED) is 0.822. The molecule has 1 aliphatic carbocycles. The minimum Gasteiger partial charge on any atom is -0.486 e. The first-order chi connectivity index (χ1) is 13.1. The summed E-state index contributed by atoms with van der Waals surface area (Å²) >= 11 is 0. The van der Waals surface area contributed by atoms with Crippen molar-refractivity contribution in [3.8, 4) is 11.5 Å². The van der Waals surface area contributed by atoms with Crippen LogP contribution in [-0.4, -0.2) is 19.1 Å².